The lowest BCUT2D eigenvalue weighted by Crippen LogP contribution is -2.38. The van der Waals surface area contributed by atoms with Gasteiger partial charge in [-0.25, -0.2) is 0 Å². The molecule has 1 aliphatic rings. The van der Waals surface area contributed by atoms with Gasteiger partial charge < -0.3 is 25.4 Å². The molecule has 0 unspecified atom stereocenters. The van der Waals surface area contributed by atoms with Crippen molar-refractivity contribution < 1.29 is 18.7 Å². The lowest BCUT2D eigenvalue weighted by molar-refractivity contribution is 0.0322. The second kappa shape index (κ2) is 6.55. The molecule has 1 saturated heterocycles. The van der Waals surface area contributed by atoms with E-state index in [4.69, 9.17) is 25.4 Å². The average Bonchev–Trinajstić information content (AvgIpc) is 3.12. The molecule has 0 atom stereocenters. The van der Waals surface area contributed by atoms with Gasteiger partial charge in [-0.15, -0.1) is 11.3 Å². The fraction of sp³-hybridized carbons (Fsp3) is 0.353. The molecule has 0 aliphatic carbocycles. The molecule has 25 heavy (non-hydrogen) atoms. The average molecular weight is 361 g/mol. The molecular weight excluding hydrogens is 342 g/mol. The van der Waals surface area contributed by atoms with Crippen LogP contribution in [-0.4, -0.2) is 50.3 Å². The maximum Gasteiger partial charge on any atom is 0.286 e. The van der Waals surface area contributed by atoms with Crippen LogP contribution in [0.2, 0.25) is 0 Å². The Morgan fingerprint density at radius 1 is 1.32 bits per heavy atom. The normalized spacial score (nSPS) is 15.8. The quantitative estimate of drug-likeness (QED) is 0.721. The number of morpholine rings is 1. The van der Waals surface area contributed by atoms with E-state index in [1.54, 1.807) is 0 Å². The van der Waals surface area contributed by atoms with Crippen LogP contribution in [0.5, 0.6) is 5.75 Å². The lowest BCUT2D eigenvalue weighted by atomic mass is 10.2. The van der Waals surface area contributed by atoms with Crippen LogP contribution in [0.1, 0.15) is 10.6 Å². The first-order chi connectivity index (χ1) is 12.1. The van der Waals surface area contributed by atoms with Gasteiger partial charge in [0.15, 0.2) is 5.58 Å². The van der Waals surface area contributed by atoms with Crippen LogP contribution in [0.4, 0.5) is 5.69 Å². The van der Waals surface area contributed by atoms with Crippen molar-refractivity contribution in [2.45, 2.75) is 0 Å². The maximum atomic E-state index is 11.3. The Balaban J connectivity index is 1.52. The molecule has 4 N–H and O–H groups in total. The number of anilines is 1. The third kappa shape index (κ3) is 3.04. The van der Waals surface area contributed by atoms with Crippen LogP contribution in [0.15, 0.2) is 22.6 Å². The number of nitrogen functional groups attached to an aromatic ring is 1. The zero-order chi connectivity index (χ0) is 17.4. The molecule has 0 saturated carbocycles. The van der Waals surface area contributed by atoms with Gasteiger partial charge in [-0.3, -0.25) is 9.69 Å². The number of benzene rings is 1. The second-order valence-electron chi connectivity index (χ2n) is 5.93. The number of fused-ring (bicyclic) bond motifs is 3. The van der Waals surface area contributed by atoms with E-state index < -0.39 is 5.91 Å². The molecule has 1 amide bonds. The molecule has 4 rings (SSSR count). The van der Waals surface area contributed by atoms with Crippen molar-refractivity contribution in [1.29, 1.82) is 0 Å². The summed E-state index contributed by atoms with van der Waals surface area (Å²) in [6.45, 7) is 4.98. The van der Waals surface area contributed by atoms with E-state index in [0.717, 1.165) is 53.4 Å². The number of hydrogen-bond donors (Lipinski definition) is 2. The molecule has 8 heteroatoms. The molecule has 1 aromatic carbocycles. The smallest absolute Gasteiger partial charge is 0.286 e. The van der Waals surface area contributed by atoms with Crippen molar-refractivity contribution >= 4 is 43.3 Å². The molecule has 2 aromatic heterocycles. The minimum Gasteiger partial charge on any atom is -0.492 e. The molecule has 1 aliphatic heterocycles. The number of carbonyl (C=O) groups is 1. The maximum absolute atomic E-state index is 11.3. The second-order valence-corrected chi connectivity index (χ2v) is 6.98. The van der Waals surface area contributed by atoms with Crippen LogP contribution in [0.25, 0.3) is 20.4 Å². The van der Waals surface area contributed by atoms with Gasteiger partial charge in [-0.2, -0.15) is 0 Å². The minimum absolute atomic E-state index is 0.0222. The van der Waals surface area contributed by atoms with E-state index in [0.29, 0.717) is 17.9 Å². The summed E-state index contributed by atoms with van der Waals surface area (Å²) in [6, 6.07) is 5.79. The predicted octanol–water partition coefficient (Wildman–Crippen LogP) is 2.04. The van der Waals surface area contributed by atoms with Crippen LogP contribution in [-0.2, 0) is 4.74 Å². The number of hydrogen-bond acceptors (Lipinski definition) is 7. The first-order valence-electron chi connectivity index (χ1n) is 8.10. The topological polar surface area (TPSA) is 104 Å². The highest BCUT2D eigenvalue weighted by molar-refractivity contribution is 7.26. The standard InChI is InChI=1S/C17H19N3O4S/c18-13-15(17(19)21)24-14-11-2-1-10(9-12(11)25-16(13)14)23-8-5-20-3-6-22-7-4-20/h1-2,9H,3-8,18H2,(H2,19,21). The fourth-order valence-electron chi connectivity index (χ4n) is 2.98. The lowest BCUT2D eigenvalue weighted by Gasteiger charge is -2.26. The number of nitrogens with zero attached hydrogens (tertiary/aromatic N) is 1. The fourth-order valence-corrected chi connectivity index (χ4v) is 4.09. The summed E-state index contributed by atoms with van der Waals surface area (Å²) in [5.74, 6) is 0.171. The number of carbonyl (C=O) groups excluding carboxylic acids is 1. The predicted molar refractivity (Wildman–Crippen MR) is 97.3 cm³/mol. The van der Waals surface area contributed by atoms with Crippen LogP contribution >= 0.6 is 11.3 Å². The van der Waals surface area contributed by atoms with Gasteiger partial charge in [0, 0.05) is 29.7 Å². The Morgan fingerprint density at radius 2 is 2.12 bits per heavy atom. The van der Waals surface area contributed by atoms with Gasteiger partial charge >= 0.3 is 0 Å². The molecule has 0 spiro atoms. The molecule has 1 fully saturated rings. The Hall–Kier alpha value is -2.29. The van der Waals surface area contributed by atoms with E-state index in [2.05, 4.69) is 4.90 Å². The third-order valence-corrected chi connectivity index (χ3v) is 5.48. The summed E-state index contributed by atoms with van der Waals surface area (Å²) in [7, 11) is 0. The van der Waals surface area contributed by atoms with E-state index in [1.165, 1.54) is 11.3 Å². The van der Waals surface area contributed by atoms with Crippen molar-refractivity contribution in [3.63, 3.8) is 0 Å². The van der Waals surface area contributed by atoms with Crippen molar-refractivity contribution in [1.82, 2.24) is 4.90 Å². The summed E-state index contributed by atoms with van der Waals surface area (Å²) in [6.07, 6.45) is 0. The largest absolute Gasteiger partial charge is 0.492 e. The molecule has 3 heterocycles. The number of amides is 1. The minimum atomic E-state index is -0.655. The first-order valence-corrected chi connectivity index (χ1v) is 8.92. The molecule has 3 aromatic rings. The van der Waals surface area contributed by atoms with Gasteiger partial charge in [0.1, 0.15) is 18.0 Å². The molecule has 0 radical (unpaired) electrons. The van der Waals surface area contributed by atoms with Gasteiger partial charge in [-0.1, -0.05) is 0 Å². The van der Waals surface area contributed by atoms with Gasteiger partial charge in [-0.05, 0) is 18.2 Å². The highest BCUT2D eigenvalue weighted by Gasteiger charge is 2.20. The SMILES string of the molecule is NC(=O)c1oc2c(sc3cc(OCCN4CCOCC4)ccc32)c1N. The van der Waals surface area contributed by atoms with Gasteiger partial charge in [0.2, 0.25) is 5.76 Å². The molecule has 132 valence electrons. The van der Waals surface area contributed by atoms with Crippen molar-refractivity contribution in [3.05, 3.63) is 24.0 Å². The van der Waals surface area contributed by atoms with E-state index in [1.807, 2.05) is 18.2 Å². The van der Waals surface area contributed by atoms with Crippen molar-refractivity contribution in [3.8, 4) is 5.75 Å². The molecule has 0 bridgehead atoms. The molecule has 7 nitrogen and oxygen atoms in total. The number of thiophene rings is 1. The van der Waals surface area contributed by atoms with Crippen molar-refractivity contribution in [2.24, 2.45) is 5.73 Å². The highest BCUT2D eigenvalue weighted by Crippen LogP contribution is 2.41. The zero-order valence-electron chi connectivity index (χ0n) is 13.6. The third-order valence-electron chi connectivity index (χ3n) is 4.31. The van der Waals surface area contributed by atoms with Gasteiger partial charge in [0.05, 0.1) is 17.9 Å². The summed E-state index contributed by atoms with van der Waals surface area (Å²) in [5.41, 5.74) is 12.2. The summed E-state index contributed by atoms with van der Waals surface area (Å²) in [5, 5.41) is 0.903. The molecular formula is C17H19N3O4S. The van der Waals surface area contributed by atoms with E-state index >= 15 is 0 Å². The monoisotopic (exact) mass is 361 g/mol. The van der Waals surface area contributed by atoms with Crippen LogP contribution < -0.4 is 16.2 Å². The Labute approximate surface area is 148 Å². The van der Waals surface area contributed by atoms with Gasteiger partial charge in [0.25, 0.3) is 5.91 Å². The Bertz CT molecular complexity index is 927. The summed E-state index contributed by atoms with van der Waals surface area (Å²) < 4.78 is 18.5. The summed E-state index contributed by atoms with van der Waals surface area (Å²) >= 11 is 1.47. The van der Waals surface area contributed by atoms with E-state index in [9.17, 15) is 4.79 Å². The summed E-state index contributed by atoms with van der Waals surface area (Å²) in [4.78, 5) is 13.7. The Morgan fingerprint density at radius 3 is 2.88 bits per heavy atom. The number of ether oxygens (including phenoxy) is 2. The highest BCUT2D eigenvalue weighted by atomic mass is 32.1. The number of furan rings is 1. The number of primary amides is 1. The van der Waals surface area contributed by atoms with Crippen LogP contribution in [0, 0.1) is 0 Å². The zero-order valence-corrected chi connectivity index (χ0v) is 14.4. The number of rotatable bonds is 5. The van der Waals surface area contributed by atoms with Crippen molar-refractivity contribution in [2.75, 3.05) is 45.2 Å². The Kier molecular flexibility index (Phi) is 4.24. The van der Waals surface area contributed by atoms with Crippen LogP contribution in [0.3, 0.4) is 0 Å². The first kappa shape index (κ1) is 16.2. The number of nitrogens with two attached hydrogens (primary N) is 2. The van der Waals surface area contributed by atoms with E-state index in [-0.39, 0.29) is 5.76 Å².